The Morgan fingerprint density at radius 3 is 2.77 bits per heavy atom. The number of ether oxygens (including phenoxy) is 3. The highest BCUT2D eigenvalue weighted by molar-refractivity contribution is 6.01. The maximum absolute atomic E-state index is 13.5. The molecule has 6 nitrogen and oxygen atoms in total. The van der Waals surface area contributed by atoms with Gasteiger partial charge in [0.05, 0.1) is 5.56 Å². The number of nitrogens with one attached hydrogen (secondary N) is 1. The third-order valence-corrected chi connectivity index (χ3v) is 5.38. The number of hydrogen-bond acceptors (Lipinski definition) is 5. The van der Waals surface area contributed by atoms with E-state index in [0.717, 1.165) is 22.6 Å². The summed E-state index contributed by atoms with van der Waals surface area (Å²) in [4.78, 5) is 15.4. The third-order valence-electron chi connectivity index (χ3n) is 5.38. The van der Waals surface area contributed by atoms with E-state index in [1.165, 1.54) is 0 Å². The monoisotopic (exact) mass is 414 g/mol. The van der Waals surface area contributed by atoms with Crippen molar-refractivity contribution in [2.24, 2.45) is 0 Å². The number of nitrogens with zero attached hydrogens (tertiary/aromatic N) is 1. The van der Waals surface area contributed by atoms with E-state index in [4.69, 9.17) is 14.2 Å². The van der Waals surface area contributed by atoms with Gasteiger partial charge in [0.25, 0.3) is 5.91 Å². The zero-order valence-electron chi connectivity index (χ0n) is 16.9. The van der Waals surface area contributed by atoms with Gasteiger partial charge < -0.3 is 24.4 Å². The lowest BCUT2D eigenvalue weighted by Crippen LogP contribution is -2.42. The average molecular weight is 414 g/mol. The Bertz CT molecular complexity index is 1140. The van der Waals surface area contributed by atoms with Crippen molar-refractivity contribution in [3.63, 3.8) is 0 Å². The van der Waals surface area contributed by atoms with Crippen molar-refractivity contribution in [2.45, 2.75) is 12.7 Å². The molecule has 0 radical (unpaired) electrons. The van der Waals surface area contributed by atoms with Gasteiger partial charge in [0.1, 0.15) is 18.5 Å². The normalized spacial score (nSPS) is 16.5. The Morgan fingerprint density at radius 1 is 1.06 bits per heavy atom. The second-order valence-electron chi connectivity index (χ2n) is 7.35. The quantitative estimate of drug-likeness (QED) is 0.590. The Labute approximate surface area is 180 Å². The molecule has 3 aromatic rings. The Balaban J connectivity index is 1.55. The van der Waals surface area contributed by atoms with E-state index in [2.05, 4.69) is 11.9 Å². The first-order valence-electron chi connectivity index (χ1n) is 10.1. The number of para-hydroxylation sites is 2. The molecule has 0 spiro atoms. The van der Waals surface area contributed by atoms with Crippen LogP contribution in [-0.4, -0.2) is 24.2 Å². The van der Waals surface area contributed by atoms with Gasteiger partial charge in [-0.3, -0.25) is 4.79 Å². The summed E-state index contributed by atoms with van der Waals surface area (Å²) in [5.41, 5.74) is 3.28. The van der Waals surface area contributed by atoms with Crippen LogP contribution in [0.3, 0.4) is 0 Å². The average Bonchev–Trinajstić information content (AvgIpc) is 3.28. The van der Waals surface area contributed by atoms with Crippen LogP contribution in [0.15, 0.2) is 79.4 Å². The van der Waals surface area contributed by atoms with Crippen molar-refractivity contribution in [1.82, 2.24) is 4.90 Å². The van der Waals surface area contributed by atoms with Gasteiger partial charge in [0, 0.05) is 17.8 Å². The van der Waals surface area contributed by atoms with Gasteiger partial charge in [-0.1, -0.05) is 49.1 Å². The minimum Gasteiger partial charge on any atom is -0.489 e. The molecular formula is C25H22N2O4. The van der Waals surface area contributed by atoms with Gasteiger partial charge >= 0.3 is 0 Å². The molecule has 0 saturated carbocycles. The number of fused-ring (bicyclic) bond motifs is 2. The highest BCUT2D eigenvalue weighted by Gasteiger charge is 2.34. The minimum absolute atomic E-state index is 0.0458. The predicted molar refractivity (Wildman–Crippen MR) is 117 cm³/mol. The number of rotatable bonds is 6. The summed E-state index contributed by atoms with van der Waals surface area (Å²) in [5.74, 6) is 2.08. The molecule has 0 saturated heterocycles. The maximum Gasteiger partial charge on any atom is 0.258 e. The van der Waals surface area contributed by atoms with Crippen LogP contribution >= 0.6 is 0 Å². The molecule has 0 bridgehead atoms. The smallest absolute Gasteiger partial charge is 0.258 e. The van der Waals surface area contributed by atoms with Crippen LogP contribution in [0.1, 0.15) is 27.7 Å². The van der Waals surface area contributed by atoms with Crippen LogP contribution in [0, 0.1) is 0 Å². The SMILES string of the molecule is C=CCOc1ccccc1[C@H]1Nc2ccccc2C(=O)N1Cc1ccc2c(c1)OCO2. The van der Waals surface area contributed by atoms with Crippen LogP contribution in [0.4, 0.5) is 5.69 Å². The molecule has 0 unspecified atom stereocenters. The zero-order chi connectivity index (χ0) is 21.2. The zero-order valence-corrected chi connectivity index (χ0v) is 16.9. The van der Waals surface area contributed by atoms with Crippen LogP contribution in [0.5, 0.6) is 17.2 Å². The lowest BCUT2D eigenvalue weighted by atomic mass is 10.0. The summed E-state index contributed by atoms with van der Waals surface area (Å²) >= 11 is 0. The Kier molecular flexibility index (Phi) is 4.96. The Morgan fingerprint density at radius 2 is 1.87 bits per heavy atom. The largest absolute Gasteiger partial charge is 0.489 e. The number of carbonyl (C=O) groups excluding carboxylic acids is 1. The topological polar surface area (TPSA) is 60.0 Å². The van der Waals surface area contributed by atoms with Gasteiger partial charge in [-0.2, -0.15) is 0 Å². The fourth-order valence-corrected chi connectivity index (χ4v) is 3.92. The van der Waals surface area contributed by atoms with E-state index in [1.807, 2.05) is 71.6 Å². The molecule has 0 aliphatic carbocycles. The van der Waals surface area contributed by atoms with E-state index >= 15 is 0 Å². The number of amides is 1. The predicted octanol–water partition coefficient (Wildman–Crippen LogP) is 4.75. The molecule has 1 N–H and O–H groups in total. The number of benzene rings is 3. The minimum atomic E-state index is -0.395. The van der Waals surface area contributed by atoms with Gasteiger partial charge in [0.2, 0.25) is 6.79 Å². The third kappa shape index (κ3) is 3.57. The first-order chi connectivity index (χ1) is 15.2. The molecule has 2 aliphatic rings. The highest BCUT2D eigenvalue weighted by Crippen LogP contribution is 2.39. The van der Waals surface area contributed by atoms with E-state index in [1.54, 1.807) is 6.08 Å². The van der Waals surface area contributed by atoms with Crippen molar-refractivity contribution < 1.29 is 19.0 Å². The van der Waals surface area contributed by atoms with E-state index in [0.29, 0.717) is 30.2 Å². The summed E-state index contributed by atoms with van der Waals surface area (Å²) in [6, 6.07) is 21.1. The fraction of sp³-hybridized carbons (Fsp3) is 0.160. The summed E-state index contributed by atoms with van der Waals surface area (Å²) in [7, 11) is 0. The standard InChI is InChI=1S/C25H22N2O4/c1-2-13-29-21-10-6-4-8-19(21)24-26-20-9-5-3-7-18(20)25(28)27(24)15-17-11-12-22-23(14-17)31-16-30-22/h2-12,14,24,26H,1,13,15-16H2/t24-/m0/s1. The molecule has 0 aromatic heterocycles. The first-order valence-corrected chi connectivity index (χ1v) is 10.1. The number of hydrogen-bond donors (Lipinski definition) is 1. The molecule has 1 amide bonds. The lowest BCUT2D eigenvalue weighted by Gasteiger charge is -2.38. The van der Waals surface area contributed by atoms with E-state index in [-0.39, 0.29) is 12.7 Å². The molecule has 156 valence electrons. The first kappa shape index (κ1) is 19.1. The lowest BCUT2D eigenvalue weighted by molar-refractivity contribution is 0.0664. The van der Waals surface area contributed by atoms with Crippen LogP contribution in [0.2, 0.25) is 0 Å². The van der Waals surface area contributed by atoms with Crippen molar-refractivity contribution in [3.8, 4) is 17.2 Å². The molecule has 3 aromatic carbocycles. The Hall–Kier alpha value is -3.93. The molecule has 31 heavy (non-hydrogen) atoms. The second-order valence-corrected chi connectivity index (χ2v) is 7.35. The van der Waals surface area contributed by atoms with Gasteiger partial charge in [-0.05, 0) is 35.9 Å². The molecule has 5 rings (SSSR count). The molecule has 1 atom stereocenters. The summed E-state index contributed by atoms with van der Waals surface area (Å²) in [6.07, 6.45) is 1.31. The number of carbonyl (C=O) groups is 1. The van der Waals surface area contributed by atoms with Gasteiger partial charge in [0.15, 0.2) is 11.5 Å². The fourth-order valence-electron chi connectivity index (χ4n) is 3.92. The van der Waals surface area contributed by atoms with Gasteiger partial charge in [-0.25, -0.2) is 0 Å². The van der Waals surface area contributed by atoms with Gasteiger partial charge in [-0.15, -0.1) is 0 Å². The van der Waals surface area contributed by atoms with Crippen LogP contribution in [0.25, 0.3) is 0 Å². The molecule has 2 heterocycles. The van der Waals surface area contributed by atoms with Crippen molar-refractivity contribution in [1.29, 1.82) is 0 Å². The summed E-state index contributed by atoms with van der Waals surface area (Å²) in [6.45, 7) is 4.73. The maximum atomic E-state index is 13.5. The molecular weight excluding hydrogens is 392 g/mol. The molecule has 0 fully saturated rings. The summed E-state index contributed by atoms with van der Waals surface area (Å²) in [5, 5.41) is 3.53. The van der Waals surface area contributed by atoms with E-state index < -0.39 is 6.17 Å². The van der Waals surface area contributed by atoms with Crippen molar-refractivity contribution >= 4 is 11.6 Å². The van der Waals surface area contributed by atoms with Crippen LogP contribution < -0.4 is 19.5 Å². The highest BCUT2D eigenvalue weighted by atomic mass is 16.7. The van der Waals surface area contributed by atoms with Crippen LogP contribution in [-0.2, 0) is 6.54 Å². The van der Waals surface area contributed by atoms with E-state index in [9.17, 15) is 4.79 Å². The number of anilines is 1. The van der Waals surface area contributed by atoms with Crippen molar-refractivity contribution in [2.75, 3.05) is 18.7 Å². The summed E-state index contributed by atoms with van der Waals surface area (Å²) < 4.78 is 16.8. The van der Waals surface area contributed by atoms with Crippen molar-refractivity contribution in [3.05, 3.63) is 96.1 Å². The molecule has 6 heteroatoms. The second kappa shape index (κ2) is 8.07. The molecule has 2 aliphatic heterocycles.